The van der Waals surface area contributed by atoms with Gasteiger partial charge in [0.25, 0.3) is 0 Å². The number of amides is 1. The third-order valence-electron chi connectivity index (χ3n) is 3.81. The van der Waals surface area contributed by atoms with Gasteiger partial charge in [-0.3, -0.25) is 4.79 Å². The highest BCUT2D eigenvalue weighted by atomic mass is 16.2. The van der Waals surface area contributed by atoms with E-state index in [4.69, 9.17) is 0 Å². The lowest BCUT2D eigenvalue weighted by atomic mass is 10.0. The number of piperidine rings is 1. The van der Waals surface area contributed by atoms with Crippen LogP contribution < -0.4 is 5.32 Å². The molecule has 0 aromatic carbocycles. The van der Waals surface area contributed by atoms with Crippen molar-refractivity contribution in [2.45, 2.75) is 37.8 Å². The molecule has 0 aromatic heterocycles. The molecule has 2 unspecified atom stereocenters. The fraction of sp³-hybridized carbons (Fsp3) is 0.917. The minimum Gasteiger partial charge on any atom is -0.340 e. The van der Waals surface area contributed by atoms with Gasteiger partial charge in [0.1, 0.15) is 0 Å². The van der Waals surface area contributed by atoms with E-state index in [1.807, 2.05) is 4.90 Å². The zero-order chi connectivity index (χ0) is 11.5. The number of carbonyl (C=O) groups is 1. The van der Waals surface area contributed by atoms with Crippen LogP contribution in [0.2, 0.25) is 0 Å². The van der Waals surface area contributed by atoms with Gasteiger partial charge in [0.05, 0.1) is 6.04 Å². The molecule has 0 aromatic rings. The Balaban J connectivity index is 1.86. The van der Waals surface area contributed by atoms with Crippen LogP contribution in [0.15, 0.2) is 0 Å². The fourth-order valence-corrected chi connectivity index (χ4v) is 2.65. The minimum atomic E-state index is 0.0923. The summed E-state index contributed by atoms with van der Waals surface area (Å²) in [5.41, 5.74) is 0. The highest BCUT2D eigenvalue weighted by molar-refractivity contribution is 5.82. The number of carbonyl (C=O) groups excluding carboxylic acids is 1. The summed E-state index contributed by atoms with van der Waals surface area (Å²) < 4.78 is 0. The van der Waals surface area contributed by atoms with Crippen molar-refractivity contribution < 1.29 is 4.79 Å². The van der Waals surface area contributed by atoms with Gasteiger partial charge < -0.3 is 15.1 Å². The summed E-state index contributed by atoms with van der Waals surface area (Å²) in [7, 11) is 4.19. The van der Waals surface area contributed by atoms with Crippen molar-refractivity contribution in [1.29, 1.82) is 0 Å². The van der Waals surface area contributed by atoms with Crippen LogP contribution in [-0.4, -0.2) is 61.5 Å². The van der Waals surface area contributed by atoms with E-state index in [0.29, 0.717) is 11.9 Å². The van der Waals surface area contributed by atoms with E-state index in [1.165, 1.54) is 12.8 Å². The van der Waals surface area contributed by atoms with Crippen LogP contribution in [0, 0.1) is 0 Å². The Kier molecular flexibility index (Phi) is 3.82. The van der Waals surface area contributed by atoms with E-state index in [1.54, 1.807) is 0 Å². The van der Waals surface area contributed by atoms with Gasteiger partial charge in [0.2, 0.25) is 5.91 Å². The normalized spacial score (nSPS) is 31.1. The fourth-order valence-electron chi connectivity index (χ4n) is 2.65. The van der Waals surface area contributed by atoms with Gasteiger partial charge in [-0.05, 0) is 39.9 Å². The van der Waals surface area contributed by atoms with Crippen molar-refractivity contribution in [2.75, 3.05) is 33.7 Å². The molecule has 4 heteroatoms. The predicted octanol–water partition coefficient (Wildman–Crippen LogP) is 0.291. The summed E-state index contributed by atoms with van der Waals surface area (Å²) in [6.45, 7) is 2.84. The molecular weight excluding hydrogens is 202 g/mol. The summed E-state index contributed by atoms with van der Waals surface area (Å²) in [6.07, 6.45) is 4.53. The second-order valence-corrected chi connectivity index (χ2v) is 5.19. The molecule has 2 aliphatic rings. The maximum Gasteiger partial charge on any atom is 0.239 e. The highest BCUT2D eigenvalue weighted by Gasteiger charge is 2.31. The molecule has 0 radical (unpaired) electrons. The van der Waals surface area contributed by atoms with E-state index < -0.39 is 0 Å². The van der Waals surface area contributed by atoms with Crippen LogP contribution in [0.25, 0.3) is 0 Å². The first-order chi connectivity index (χ1) is 7.68. The van der Waals surface area contributed by atoms with Crippen LogP contribution in [0.4, 0.5) is 0 Å². The molecule has 2 fully saturated rings. The van der Waals surface area contributed by atoms with Crippen LogP contribution in [-0.2, 0) is 4.79 Å². The standard InChI is InChI=1S/C12H23N3O/c1-14(2)10-6-8-15(9-10)12(16)11-5-3-4-7-13-11/h10-11,13H,3-9H2,1-2H3. The molecule has 1 amide bonds. The molecule has 0 aliphatic carbocycles. The Morgan fingerprint density at radius 2 is 2.12 bits per heavy atom. The topological polar surface area (TPSA) is 35.6 Å². The first-order valence-corrected chi connectivity index (χ1v) is 6.37. The number of likely N-dealkylation sites (tertiary alicyclic amines) is 1. The van der Waals surface area contributed by atoms with E-state index in [-0.39, 0.29) is 6.04 Å². The highest BCUT2D eigenvalue weighted by Crippen LogP contribution is 2.17. The van der Waals surface area contributed by atoms with Gasteiger partial charge in [0, 0.05) is 19.1 Å². The summed E-state index contributed by atoms with van der Waals surface area (Å²) >= 11 is 0. The lowest BCUT2D eigenvalue weighted by Crippen LogP contribution is -2.48. The second-order valence-electron chi connectivity index (χ2n) is 5.19. The van der Waals surface area contributed by atoms with E-state index in [9.17, 15) is 4.79 Å². The summed E-state index contributed by atoms with van der Waals surface area (Å²) in [6, 6.07) is 0.641. The van der Waals surface area contributed by atoms with Crippen molar-refractivity contribution >= 4 is 5.91 Å². The molecule has 2 heterocycles. The average Bonchev–Trinajstić information content (AvgIpc) is 2.78. The molecular formula is C12H23N3O. The molecule has 0 spiro atoms. The van der Waals surface area contributed by atoms with Crippen molar-refractivity contribution in [3.8, 4) is 0 Å². The van der Waals surface area contributed by atoms with Gasteiger partial charge >= 0.3 is 0 Å². The molecule has 2 saturated heterocycles. The Hall–Kier alpha value is -0.610. The average molecular weight is 225 g/mol. The van der Waals surface area contributed by atoms with Crippen LogP contribution in [0.1, 0.15) is 25.7 Å². The van der Waals surface area contributed by atoms with Crippen molar-refractivity contribution in [3.05, 3.63) is 0 Å². The quantitative estimate of drug-likeness (QED) is 0.734. The zero-order valence-electron chi connectivity index (χ0n) is 10.4. The van der Waals surface area contributed by atoms with Gasteiger partial charge in [-0.1, -0.05) is 6.42 Å². The largest absolute Gasteiger partial charge is 0.340 e. The van der Waals surface area contributed by atoms with Crippen LogP contribution in [0.5, 0.6) is 0 Å². The molecule has 2 rings (SSSR count). The molecule has 4 nitrogen and oxygen atoms in total. The number of hydrogen-bond donors (Lipinski definition) is 1. The van der Waals surface area contributed by atoms with Gasteiger partial charge in [-0.15, -0.1) is 0 Å². The number of likely N-dealkylation sites (N-methyl/N-ethyl adjacent to an activating group) is 1. The second kappa shape index (κ2) is 5.15. The van der Waals surface area contributed by atoms with Crippen LogP contribution >= 0.6 is 0 Å². The van der Waals surface area contributed by atoms with E-state index in [0.717, 1.165) is 32.5 Å². The SMILES string of the molecule is CN(C)C1CCN(C(=O)C2CCCCN2)C1. The summed E-state index contributed by atoms with van der Waals surface area (Å²) in [5, 5.41) is 3.33. The first-order valence-electron chi connectivity index (χ1n) is 6.37. The van der Waals surface area contributed by atoms with Crippen LogP contribution in [0.3, 0.4) is 0 Å². The zero-order valence-corrected chi connectivity index (χ0v) is 10.4. The van der Waals surface area contributed by atoms with Crippen molar-refractivity contribution in [3.63, 3.8) is 0 Å². The molecule has 92 valence electrons. The molecule has 16 heavy (non-hydrogen) atoms. The Bertz CT molecular complexity index is 249. The summed E-state index contributed by atoms with van der Waals surface area (Å²) in [4.78, 5) is 16.5. The lowest BCUT2D eigenvalue weighted by Gasteiger charge is -2.28. The third-order valence-corrected chi connectivity index (χ3v) is 3.81. The minimum absolute atomic E-state index is 0.0923. The monoisotopic (exact) mass is 225 g/mol. The number of hydrogen-bond acceptors (Lipinski definition) is 3. The maximum atomic E-state index is 12.2. The lowest BCUT2D eigenvalue weighted by molar-refractivity contribution is -0.133. The van der Waals surface area contributed by atoms with Gasteiger partial charge in [-0.2, -0.15) is 0 Å². The molecule has 1 N–H and O–H groups in total. The molecule has 0 bridgehead atoms. The molecule has 2 aliphatic heterocycles. The Morgan fingerprint density at radius 3 is 2.69 bits per heavy atom. The molecule has 0 saturated carbocycles. The Morgan fingerprint density at radius 1 is 1.31 bits per heavy atom. The van der Waals surface area contributed by atoms with Crippen molar-refractivity contribution in [2.24, 2.45) is 0 Å². The third kappa shape index (κ3) is 2.55. The van der Waals surface area contributed by atoms with Gasteiger partial charge in [0.15, 0.2) is 0 Å². The Labute approximate surface area is 98.0 Å². The van der Waals surface area contributed by atoms with Crippen molar-refractivity contribution in [1.82, 2.24) is 15.1 Å². The summed E-state index contributed by atoms with van der Waals surface area (Å²) in [5.74, 6) is 0.323. The van der Waals surface area contributed by atoms with E-state index >= 15 is 0 Å². The first kappa shape index (κ1) is 11.9. The maximum absolute atomic E-state index is 12.2. The number of nitrogens with one attached hydrogen (secondary N) is 1. The van der Waals surface area contributed by atoms with Gasteiger partial charge in [-0.25, -0.2) is 0 Å². The number of rotatable bonds is 2. The predicted molar refractivity (Wildman–Crippen MR) is 64.3 cm³/mol. The number of nitrogens with zero attached hydrogens (tertiary/aromatic N) is 2. The smallest absolute Gasteiger partial charge is 0.239 e. The van der Waals surface area contributed by atoms with E-state index in [2.05, 4.69) is 24.3 Å². The molecule has 2 atom stereocenters.